The van der Waals surface area contributed by atoms with Crippen LogP contribution >= 0.6 is 0 Å². The number of carbonyl (C=O) groups excluding carboxylic acids is 1. The fraction of sp³-hybridized carbons (Fsp3) is 0.588. The van der Waals surface area contributed by atoms with Crippen LogP contribution in [0.5, 0.6) is 11.5 Å². The fourth-order valence-corrected chi connectivity index (χ4v) is 2.98. The number of rotatable bonds is 7. The van der Waals surface area contributed by atoms with E-state index in [4.69, 9.17) is 9.47 Å². The normalized spacial score (nSPS) is 15.0. The molecule has 0 saturated heterocycles. The molecule has 0 atom stereocenters. The van der Waals surface area contributed by atoms with Gasteiger partial charge >= 0.3 is 0 Å². The molecular formula is C17H26ClNO3. The third-order valence-electron chi connectivity index (χ3n) is 4.23. The van der Waals surface area contributed by atoms with Gasteiger partial charge in [0, 0.05) is 6.07 Å². The number of ketones is 1. The Kier molecular flexibility index (Phi) is 8.28. The molecule has 0 amide bonds. The molecule has 1 aliphatic carbocycles. The average molecular weight is 328 g/mol. The van der Waals surface area contributed by atoms with Crippen molar-refractivity contribution in [2.75, 3.05) is 20.8 Å². The van der Waals surface area contributed by atoms with Crippen LogP contribution in [0.3, 0.4) is 0 Å². The van der Waals surface area contributed by atoms with Crippen LogP contribution in [0.1, 0.15) is 48.9 Å². The second-order valence-electron chi connectivity index (χ2n) is 5.66. The first-order chi connectivity index (χ1) is 10.2. The largest absolute Gasteiger partial charge is 1.00 e. The van der Waals surface area contributed by atoms with Crippen LogP contribution in [0.25, 0.3) is 0 Å². The highest BCUT2D eigenvalue weighted by Crippen LogP contribution is 2.25. The molecule has 0 unspecified atom stereocenters. The summed E-state index contributed by atoms with van der Waals surface area (Å²) in [5, 5.41) is 2.34. The van der Waals surface area contributed by atoms with Gasteiger partial charge in [-0.15, -0.1) is 0 Å². The van der Waals surface area contributed by atoms with Crippen LogP contribution < -0.4 is 27.2 Å². The number of Topliss-reactive ketones (excluding diaryl/α,β-unsaturated/α-hetero) is 1. The molecule has 0 spiro atoms. The van der Waals surface area contributed by atoms with Crippen LogP contribution in [0.15, 0.2) is 18.2 Å². The Morgan fingerprint density at radius 2 is 1.91 bits per heavy atom. The van der Waals surface area contributed by atoms with Crippen LogP contribution in [-0.2, 0) is 0 Å². The highest BCUT2D eigenvalue weighted by Gasteiger charge is 2.18. The van der Waals surface area contributed by atoms with Gasteiger partial charge < -0.3 is 27.2 Å². The second-order valence-corrected chi connectivity index (χ2v) is 5.66. The van der Waals surface area contributed by atoms with Crippen molar-refractivity contribution in [3.05, 3.63) is 23.8 Å². The molecule has 1 aliphatic rings. The molecule has 0 bridgehead atoms. The van der Waals surface area contributed by atoms with Gasteiger partial charge in [-0.05, 0) is 37.8 Å². The lowest BCUT2D eigenvalue weighted by Crippen LogP contribution is -3.00. The molecule has 124 valence electrons. The van der Waals surface area contributed by atoms with Gasteiger partial charge in [0.25, 0.3) is 0 Å². The third kappa shape index (κ3) is 5.18. The van der Waals surface area contributed by atoms with E-state index >= 15 is 0 Å². The lowest BCUT2D eigenvalue weighted by molar-refractivity contribution is -0.690. The number of benzene rings is 1. The highest BCUT2D eigenvalue weighted by atomic mass is 35.5. The van der Waals surface area contributed by atoms with Gasteiger partial charge in [-0.25, -0.2) is 0 Å². The van der Waals surface area contributed by atoms with Crippen molar-refractivity contribution in [1.29, 1.82) is 0 Å². The lowest BCUT2D eigenvalue weighted by atomic mass is 9.95. The van der Waals surface area contributed by atoms with Crippen molar-refractivity contribution in [3.8, 4) is 11.5 Å². The fourth-order valence-electron chi connectivity index (χ4n) is 2.98. The molecule has 0 aromatic heterocycles. The number of hydrogen-bond acceptors (Lipinski definition) is 3. The predicted molar refractivity (Wildman–Crippen MR) is 82.2 cm³/mol. The van der Waals surface area contributed by atoms with Gasteiger partial charge in [-0.2, -0.15) is 0 Å². The maximum Gasteiger partial charge on any atom is 0.172 e. The Bertz CT molecular complexity index is 473. The summed E-state index contributed by atoms with van der Waals surface area (Å²) in [5.74, 6) is 1.44. The van der Waals surface area contributed by atoms with Crippen molar-refractivity contribution < 1.29 is 32.0 Å². The van der Waals surface area contributed by atoms with Crippen molar-refractivity contribution in [2.45, 2.75) is 44.6 Å². The number of quaternary nitrogens is 1. The molecule has 1 saturated carbocycles. The van der Waals surface area contributed by atoms with Gasteiger partial charge in [0.05, 0.1) is 38.8 Å². The zero-order valence-electron chi connectivity index (χ0n) is 13.4. The molecule has 4 nitrogen and oxygen atoms in total. The van der Waals surface area contributed by atoms with Crippen molar-refractivity contribution >= 4 is 5.78 Å². The SMILES string of the molecule is COc1ccc(C(=O)CC[NH2+]C2CCCCC2)c(OC)c1.[Cl-]. The Labute approximate surface area is 139 Å². The summed E-state index contributed by atoms with van der Waals surface area (Å²) in [6.07, 6.45) is 7.18. The average Bonchev–Trinajstić information content (AvgIpc) is 2.55. The van der Waals surface area contributed by atoms with Crippen LogP contribution in [0.4, 0.5) is 0 Å². The summed E-state index contributed by atoms with van der Waals surface area (Å²) in [7, 11) is 3.19. The van der Waals surface area contributed by atoms with Gasteiger partial charge in [0.1, 0.15) is 11.5 Å². The van der Waals surface area contributed by atoms with Crippen LogP contribution in [0, 0.1) is 0 Å². The summed E-state index contributed by atoms with van der Waals surface area (Å²) in [6.45, 7) is 0.860. The molecular weight excluding hydrogens is 302 g/mol. The van der Waals surface area contributed by atoms with Gasteiger partial charge in [0.15, 0.2) is 5.78 Å². The topological polar surface area (TPSA) is 52.1 Å². The third-order valence-corrected chi connectivity index (χ3v) is 4.23. The predicted octanol–water partition coefficient (Wildman–Crippen LogP) is -0.823. The van der Waals surface area contributed by atoms with E-state index in [2.05, 4.69) is 5.32 Å². The minimum atomic E-state index is 0. The number of nitrogens with two attached hydrogens (primary N) is 1. The molecule has 5 heteroatoms. The number of ether oxygens (including phenoxy) is 2. The Morgan fingerprint density at radius 1 is 1.18 bits per heavy atom. The zero-order chi connectivity index (χ0) is 15.1. The molecule has 2 rings (SSSR count). The van der Waals surface area contributed by atoms with Gasteiger partial charge in [0.2, 0.25) is 0 Å². The minimum absolute atomic E-state index is 0. The molecule has 1 fully saturated rings. The summed E-state index contributed by atoms with van der Waals surface area (Å²) in [6, 6.07) is 6.07. The quantitative estimate of drug-likeness (QED) is 0.666. The summed E-state index contributed by atoms with van der Waals surface area (Å²) in [4.78, 5) is 12.3. The first kappa shape index (κ1) is 18.8. The van der Waals surface area contributed by atoms with E-state index in [1.165, 1.54) is 32.1 Å². The molecule has 0 radical (unpaired) electrons. The number of methoxy groups -OCH3 is 2. The van der Waals surface area contributed by atoms with Crippen LogP contribution in [-0.4, -0.2) is 32.6 Å². The van der Waals surface area contributed by atoms with E-state index in [0.717, 1.165) is 6.54 Å². The van der Waals surface area contributed by atoms with E-state index in [-0.39, 0.29) is 18.2 Å². The van der Waals surface area contributed by atoms with E-state index in [9.17, 15) is 4.79 Å². The first-order valence-electron chi connectivity index (χ1n) is 7.83. The van der Waals surface area contributed by atoms with Crippen LogP contribution in [0.2, 0.25) is 0 Å². The second kappa shape index (κ2) is 9.70. The van der Waals surface area contributed by atoms with E-state index < -0.39 is 0 Å². The standard InChI is InChI=1S/C17H25NO3.ClH/c1-20-14-8-9-15(17(12-14)21-2)16(19)10-11-18-13-6-4-3-5-7-13;/h8-9,12-13,18H,3-7,10-11H2,1-2H3;1H. The monoisotopic (exact) mass is 327 g/mol. The minimum Gasteiger partial charge on any atom is -1.00 e. The summed E-state index contributed by atoms with van der Waals surface area (Å²) >= 11 is 0. The Hall–Kier alpha value is -1.26. The summed E-state index contributed by atoms with van der Waals surface area (Å²) in [5.41, 5.74) is 0.648. The lowest BCUT2D eigenvalue weighted by Gasteiger charge is -2.19. The number of halogens is 1. The van der Waals surface area contributed by atoms with Crippen molar-refractivity contribution in [3.63, 3.8) is 0 Å². The highest BCUT2D eigenvalue weighted by molar-refractivity contribution is 5.98. The van der Waals surface area contributed by atoms with E-state index in [1.807, 2.05) is 0 Å². The van der Waals surface area contributed by atoms with Gasteiger partial charge in [-0.1, -0.05) is 6.42 Å². The molecule has 1 aromatic rings. The molecule has 0 heterocycles. The molecule has 0 aliphatic heterocycles. The molecule has 1 aromatic carbocycles. The van der Waals surface area contributed by atoms with Crippen molar-refractivity contribution in [1.82, 2.24) is 0 Å². The Morgan fingerprint density at radius 3 is 2.55 bits per heavy atom. The van der Waals surface area contributed by atoms with Gasteiger partial charge in [-0.3, -0.25) is 4.79 Å². The van der Waals surface area contributed by atoms with E-state index in [1.54, 1.807) is 32.4 Å². The summed E-state index contributed by atoms with van der Waals surface area (Å²) < 4.78 is 10.4. The van der Waals surface area contributed by atoms with Crippen molar-refractivity contribution in [2.24, 2.45) is 0 Å². The molecule has 22 heavy (non-hydrogen) atoms. The number of carbonyl (C=O) groups is 1. The Balaban J connectivity index is 0.00000242. The zero-order valence-corrected chi connectivity index (χ0v) is 14.2. The first-order valence-corrected chi connectivity index (χ1v) is 7.83. The molecule has 2 N–H and O–H groups in total. The maximum atomic E-state index is 12.3. The smallest absolute Gasteiger partial charge is 0.172 e. The number of hydrogen-bond donors (Lipinski definition) is 1. The maximum absolute atomic E-state index is 12.3. The van der Waals surface area contributed by atoms with E-state index in [0.29, 0.717) is 29.5 Å².